The van der Waals surface area contributed by atoms with Crippen LogP contribution in [0, 0.1) is 0 Å². The van der Waals surface area contributed by atoms with E-state index in [0.717, 1.165) is 19.6 Å². The Balaban J connectivity index is 2.27. The van der Waals surface area contributed by atoms with E-state index >= 15 is 0 Å². The first kappa shape index (κ1) is 18.2. The van der Waals surface area contributed by atoms with Gasteiger partial charge in [-0.05, 0) is 60.2 Å². The van der Waals surface area contributed by atoms with Crippen molar-refractivity contribution in [2.75, 3.05) is 19.6 Å². The average molecular weight is 294 g/mol. The van der Waals surface area contributed by atoms with Crippen LogP contribution in [0.2, 0.25) is 0 Å². The van der Waals surface area contributed by atoms with Gasteiger partial charge in [-0.1, -0.05) is 13.8 Å². The highest BCUT2D eigenvalue weighted by molar-refractivity contribution is 5.05. The van der Waals surface area contributed by atoms with Gasteiger partial charge in [0.25, 0.3) is 0 Å². The first-order valence-electron chi connectivity index (χ1n) is 8.36. The highest BCUT2D eigenvalue weighted by Crippen LogP contribution is 2.13. The molecule has 1 rings (SSSR count). The van der Waals surface area contributed by atoms with Crippen molar-refractivity contribution in [2.45, 2.75) is 72.5 Å². The maximum atomic E-state index is 4.44. The fourth-order valence-corrected chi connectivity index (χ4v) is 2.37. The number of hydrogen-bond donors (Lipinski definition) is 1. The van der Waals surface area contributed by atoms with Gasteiger partial charge in [0.2, 0.25) is 0 Å². The van der Waals surface area contributed by atoms with E-state index in [1.807, 2.05) is 10.9 Å². The minimum Gasteiger partial charge on any atom is -0.310 e. The lowest BCUT2D eigenvalue weighted by Crippen LogP contribution is -2.28. The van der Waals surface area contributed by atoms with Gasteiger partial charge in [-0.15, -0.1) is 0 Å². The van der Waals surface area contributed by atoms with Crippen molar-refractivity contribution in [3.8, 4) is 0 Å². The molecule has 1 N–H and O–H groups in total. The molecule has 0 spiro atoms. The fourth-order valence-electron chi connectivity index (χ4n) is 2.37. The van der Waals surface area contributed by atoms with Crippen molar-refractivity contribution >= 4 is 0 Å². The normalized spacial score (nSPS) is 13.9. The average Bonchev–Trinajstić information content (AvgIpc) is 2.90. The molecule has 0 saturated heterocycles. The molecule has 122 valence electrons. The van der Waals surface area contributed by atoms with Gasteiger partial charge in [-0.2, -0.15) is 5.10 Å². The van der Waals surface area contributed by atoms with Crippen molar-refractivity contribution in [1.82, 2.24) is 20.0 Å². The Morgan fingerprint density at radius 2 is 1.95 bits per heavy atom. The minimum atomic E-state index is 0.0631. The number of nitrogens with one attached hydrogen (secondary N) is 1. The second-order valence-electron chi connectivity index (χ2n) is 6.92. The first-order chi connectivity index (χ1) is 9.86. The molecule has 4 nitrogen and oxygen atoms in total. The molecular formula is C17H34N4. The molecular weight excluding hydrogens is 260 g/mol. The van der Waals surface area contributed by atoms with Crippen LogP contribution < -0.4 is 5.32 Å². The summed E-state index contributed by atoms with van der Waals surface area (Å²) in [5.41, 5.74) is 1.33. The smallest absolute Gasteiger partial charge is 0.0543 e. The predicted molar refractivity (Wildman–Crippen MR) is 90.5 cm³/mol. The zero-order chi connectivity index (χ0) is 15.9. The minimum absolute atomic E-state index is 0.0631. The summed E-state index contributed by atoms with van der Waals surface area (Å²) in [5, 5.41) is 8.04. The molecule has 0 bridgehead atoms. The Bertz CT molecular complexity index is 388. The third kappa shape index (κ3) is 6.62. The molecule has 1 heterocycles. The highest BCUT2D eigenvalue weighted by Gasteiger charge is 2.14. The first-order valence-corrected chi connectivity index (χ1v) is 8.36. The number of rotatable bonds is 9. The van der Waals surface area contributed by atoms with E-state index in [2.05, 4.69) is 63.1 Å². The van der Waals surface area contributed by atoms with Crippen LogP contribution in [0.5, 0.6) is 0 Å². The van der Waals surface area contributed by atoms with E-state index in [0.29, 0.717) is 6.04 Å². The second kappa shape index (κ2) is 8.54. The van der Waals surface area contributed by atoms with Gasteiger partial charge < -0.3 is 10.2 Å². The molecule has 0 aliphatic heterocycles. The van der Waals surface area contributed by atoms with Gasteiger partial charge >= 0.3 is 0 Å². The van der Waals surface area contributed by atoms with Crippen LogP contribution in [-0.4, -0.2) is 40.4 Å². The number of aromatic nitrogens is 2. The van der Waals surface area contributed by atoms with Crippen molar-refractivity contribution < 1.29 is 0 Å². The second-order valence-corrected chi connectivity index (χ2v) is 6.92. The molecule has 1 unspecified atom stereocenters. The summed E-state index contributed by atoms with van der Waals surface area (Å²) in [6, 6.07) is 0.554. The van der Waals surface area contributed by atoms with Crippen LogP contribution >= 0.6 is 0 Å². The molecule has 1 atom stereocenters. The Hall–Kier alpha value is -0.870. The summed E-state index contributed by atoms with van der Waals surface area (Å²) in [6.45, 7) is 17.7. The van der Waals surface area contributed by atoms with Crippen LogP contribution in [0.3, 0.4) is 0 Å². The van der Waals surface area contributed by atoms with E-state index in [1.165, 1.54) is 24.9 Å². The largest absolute Gasteiger partial charge is 0.310 e. The summed E-state index contributed by atoms with van der Waals surface area (Å²) in [7, 11) is 0. The summed E-state index contributed by atoms with van der Waals surface area (Å²) < 4.78 is 2.04. The van der Waals surface area contributed by atoms with Crippen LogP contribution in [0.4, 0.5) is 0 Å². The molecule has 0 saturated carbocycles. The highest BCUT2D eigenvalue weighted by atomic mass is 15.3. The Labute approximate surface area is 130 Å². The maximum Gasteiger partial charge on any atom is 0.0543 e. The lowest BCUT2D eigenvalue weighted by atomic mass is 10.1. The molecule has 0 aliphatic carbocycles. The summed E-state index contributed by atoms with van der Waals surface area (Å²) in [5.74, 6) is 0. The lowest BCUT2D eigenvalue weighted by molar-refractivity contribution is 0.290. The lowest BCUT2D eigenvalue weighted by Gasteiger charge is -2.20. The Morgan fingerprint density at radius 3 is 2.48 bits per heavy atom. The van der Waals surface area contributed by atoms with Gasteiger partial charge in [0.15, 0.2) is 0 Å². The number of nitrogens with zero attached hydrogens (tertiary/aromatic N) is 3. The number of hydrogen-bond acceptors (Lipinski definition) is 3. The molecule has 0 fully saturated rings. The van der Waals surface area contributed by atoms with Crippen molar-refractivity contribution in [3.05, 3.63) is 18.0 Å². The van der Waals surface area contributed by atoms with Gasteiger partial charge in [0.1, 0.15) is 0 Å². The van der Waals surface area contributed by atoms with E-state index < -0.39 is 0 Å². The molecule has 1 aromatic rings. The van der Waals surface area contributed by atoms with E-state index in [-0.39, 0.29) is 5.54 Å². The van der Waals surface area contributed by atoms with Crippen molar-refractivity contribution in [1.29, 1.82) is 0 Å². The standard InChI is InChI=1S/C17H34N4/c1-7-20(8-2)11-9-10-15(3)18-12-16-13-19-21(14-16)17(4,5)6/h13-15,18H,7-12H2,1-6H3. The molecule has 1 aromatic heterocycles. The summed E-state index contributed by atoms with van der Waals surface area (Å²) >= 11 is 0. The van der Waals surface area contributed by atoms with Gasteiger partial charge in [-0.3, -0.25) is 4.68 Å². The monoisotopic (exact) mass is 294 g/mol. The van der Waals surface area contributed by atoms with Crippen LogP contribution in [-0.2, 0) is 12.1 Å². The third-order valence-corrected chi connectivity index (χ3v) is 3.98. The van der Waals surface area contributed by atoms with Gasteiger partial charge in [0.05, 0.1) is 11.7 Å². The molecule has 0 amide bonds. The molecule has 0 radical (unpaired) electrons. The van der Waals surface area contributed by atoms with Crippen LogP contribution in [0.1, 0.15) is 59.9 Å². The zero-order valence-corrected chi connectivity index (χ0v) is 14.8. The molecule has 0 aliphatic rings. The van der Waals surface area contributed by atoms with Gasteiger partial charge in [-0.25, -0.2) is 0 Å². The van der Waals surface area contributed by atoms with E-state index in [9.17, 15) is 0 Å². The Kier molecular flexibility index (Phi) is 7.40. The molecule has 0 aromatic carbocycles. The quantitative estimate of drug-likeness (QED) is 0.759. The summed E-state index contributed by atoms with van der Waals surface area (Å²) in [4.78, 5) is 2.49. The van der Waals surface area contributed by atoms with Crippen molar-refractivity contribution in [2.24, 2.45) is 0 Å². The van der Waals surface area contributed by atoms with Crippen LogP contribution in [0.25, 0.3) is 0 Å². The van der Waals surface area contributed by atoms with Crippen LogP contribution in [0.15, 0.2) is 12.4 Å². The molecule has 21 heavy (non-hydrogen) atoms. The molecule has 4 heteroatoms. The fraction of sp³-hybridized carbons (Fsp3) is 0.824. The predicted octanol–water partition coefficient (Wildman–Crippen LogP) is 3.24. The van der Waals surface area contributed by atoms with E-state index in [4.69, 9.17) is 0 Å². The van der Waals surface area contributed by atoms with Gasteiger partial charge in [0, 0.05) is 24.3 Å². The van der Waals surface area contributed by atoms with Crippen molar-refractivity contribution in [3.63, 3.8) is 0 Å². The van der Waals surface area contributed by atoms with E-state index in [1.54, 1.807) is 0 Å². The Morgan fingerprint density at radius 1 is 1.29 bits per heavy atom. The topological polar surface area (TPSA) is 33.1 Å². The third-order valence-electron chi connectivity index (χ3n) is 3.98. The summed E-state index contributed by atoms with van der Waals surface area (Å²) in [6.07, 6.45) is 6.61. The SMILES string of the molecule is CCN(CC)CCCC(C)NCc1cnn(C(C)(C)C)c1. The zero-order valence-electron chi connectivity index (χ0n) is 14.8. The maximum absolute atomic E-state index is 4.44.